The van der Waals surface area contributed by atoms with Gasteiger partial charge in [0, 0.05) is 12.0 Å². The molecule has 7 heteroatoms. The van der Waals surface area contributed by atoms with Crippen molar-refractivity contribution in [2.45, 2.75) is 13.3 Å². The van der Waals surface area contributed by atoms with Crippen molar-refractivity contribution in [1.29, 1.82) is 0 Å². The molecule has 29 heavy (non-hydrogen) atoms. The zero-order valence-electron chi connectivity index (χ0n) is 17.2. The van der Waals surface area contributed by atoms with E-state index in [0.717, 1.165) is 16.7 Å². The first-order chi connectivity index (χ1) is 14.0. The summed E-state index contributed by atoms with van der Waals surface area (Å²) in [5, 5.41) is 2.81. The Morgan fingerprint density at radius 2 is 1.59 bits per heavy atom. The van der Waals surface area contributed by atoms with Gasteiger partial charge in [-0.1, -0.05) is 6.07 Å². The van der Waals surface area contributed by atoms with E-state index in [9.17, 15) is 4.79 Å². The van der Waals surface area contributed by atoms with Gasteiger partial charge in [0.15, 0.2) is 11.5 Å². The van der Waals surface area contributed by atoms with Crippen molar-refractivity contribution in [3.8, 4) is 23.0 Å². The maximum Gasteiger partial charge on any atom is 0.275 e. The molecule has 1 heterocycles. The number of amidine groups is 1. The Balaban J connectivity index is 1.89. The summed E-state index contributed by atoms with van der Waals surface area (Å²) in [6, 6.07) is 9.29. The van der Waals surface area contributed by atoms with Crippen LogP contribution in [0.2, 0.25) is 0 Å². The van der Waals surface area contributed by atoms with Gasteiger partial charge in [0.1, 0.15) is 23.0 Å². The molecule has 0 radical (unpaired) electrons. The number of nitrogens with zero attached hydrogens (tertiary/aromatic N) is 1. The van der Waals surface area contributed by atoms with Gasteiger partial charge in [-0.15, -0.1) is 0 Å². The van der Waals surface area contributed by atoms with E-state index in [0.29, 0.717) is 41.0 Å². The Morgan fingerprint density at radius 1 is 0.897 bits per heavy atom. The van der Waals surface area contributed by atoms with Crippen LogP contribution in [-0.4, -0.2) is 40.2 Å². The minimum absolute atomic E-state index is 0.262. The molecule has 2 aromatic rings. The van der Waals surface area contributed by atoms with Crippen molar-refractivity contribution in [3.05, 3.63) is 52.7 Å². The highest BCUT2D eigenvalue weighted by Crippen LogP contribution is 2.31. The molecule has 0 saturated heterocycles. The molecule has 1 N–H and O–H groups in total. The number of aryl methyl sites for hydroxylation is 1. The summed E-state index contributed by atoms with van der Waals surface area (Å²) in [7, 11) is 6.36. The predicted octanol–water partition coefficient (Wildman–Crippen LogP) is 3.14. The molecular weight excluding hydrogens is 372 g/mol. The number of carbonyl (C=O) groups excluding carboxylic acids is 1. The highest BCUT2D eigenvalue weighted by Gasteiger charge is 2.21. The lowest BCUT2D eigenvalue weighted by Crippen LogP contribution is -2.25. The molecule has 0 unspecified atom stereocenters. The fourth-order valence-corrected chi connectivity index (χ4v) is 3.12. The Morgan fingerprint density at radius 3 is 2.24 bits per heavy atom. The van der Waals surface area contributed by atoms with Gasteiger partial charge < -0.3 is 24.3 Å². The van der Waals surface area contributed by atoms with Crippen LogP contribution in [-0.2, 0) is 11.2 Å². The normalized spacial score (nSPS) is 14.4. The van der Waals surface area contributed by atoms with E-state index in [-0.39, 0.29) is 5.91 Å². The first kappa shape index (κ1) is 20.3. The first-order valence-electron chi connectivity index (χ1n) is 9.03. The number of hydrogen-bond acceptors (Lipinski definition) is 6. The van der Waals surface area contributed by atoms with Gasteiger partial charge in [-0.2, -0.15) is 0 Å². The number of rotatable bonds is 7. The number of nitrogens with one attached hydrogen (secondary N) is 1. The van der Waals surface area contributed by atoms with Crippen LogP contribution >= 0.6 is 0 Å². The fraction of sp³-hybridized carbons (Fsp3) is 0.273. The number of aliphatic imine (C=N–C) groups is 1. The lowest BCUT2D eigenvalue weighted by atomic mass is 10.1. The minimum Gasteiger partial charge on any atom is -0.496 e. The fourth-order valence-electron chi connectivity index (χ4n) is 3.12. The number of carbonyl (C=O) groups is 1. The summed E-state index contributed by atoms with van der Waals surface area (Å²) in [5.41, 5.74) is 2.92. The average Bonchev–Trinajstić information content (AvgIpc) is 3.07. The third kappa shape index (κ3) is 4.34. The Labute approximate surface area is 170 Å². The molecule has 1 aliphatic heterocycles. The zero-order valence-corrected chi connectivity index (χ0v) is 17.2. The quantitative estimate of drug-likeness (QED) is 0.728. The van der Waals surface area contributed by atoms with Crippen molar-refractivity contribution in [1.82, 2.24) is 5.32 Å². The minimum atomic E-state index is -0.262. The molecule has 0 saturated carbocycles. The van der Waals surface area contributed by atoms with Gasteiger partial charge in [0.25, 0.3) is 5.91 Å². The summed E-state index contributed by atoms with van der Waals surface area (Å²) in [5.74, 6) is 2.93. The molecule has 0 aliphatic carbocycles. The van der Waals surface area contributed by atoms with E-state index in [1.807, 2.05) is 37.3 Å². The lowest BCUT2D eigenvalue weighted by molar-refractivity contribution is -0.115. The topological polar surface area (TPSA) is 78.4 Å². The lowest BCUT2D eigenvalue weighted by Gasteiger charge is -2.10. The van der Waals surface area contributed by atoms with Crippen LogP contribution in [0.5, 0.6) is 23.0 Å². The predicted molar refractivity (Wildman–Crippen MR) is 111 cm³/mol. The first-order valence-corrected chi connectivity index (χ1v) is 9.03. The molecule has 3 rings (SSSR count). The molecule has 7 nitrogen and oxygen atoms in total. The van der Waals surface area contributed by atoms with Gasteiger partial charge in [-0.25, -0.2) is 4.99 Å². The third-order valence-electron chi connectivity index (χ3n) is 4.60. The molecule has 0 aromatic heterocycles. The highest BCUT2D eigenvalue weighted by atomic mass is 16.5. The molecular formula is C22H24N2O5. The van der Waals surface area contributed by atoms with Gasteiger partial charge in [0.2, 0.25) is 0 Å². The van der Waals surface area contributed by atoms with E-state index in [4.69, 9.17) is 18.9 Å². The molecule has 0 fully saturated rings. The van der Waals surface area contributed by atoms with Crippen LogP contribution in [0.4, 0.5) is 0 Å². The smallest absolute Gasteiger partial charge is 0.275 e. The van der Waals surface area contributed by atoms with Gasteiger partial charge in [-0.05, 0) is 48.4 Å². The SMILES string of the molecule is COc1cc(/C=C2/N=C(Cc3ccc(OC)c(OC)c3)NC2=O)c(OC)cc1C. The second kappa shape index (κ2) is 8.68. The average molecular weight is 396 g/mol. The second-order valence-electron chi connectivity index (χ2n) is 6.47. The molecule has 1 amide bonds. The van der Waals surface area contributed by atoms with Crippen molar-refractivity contribution in [3.63, 3.8) is 0 Å². The molecule has 0 spiro atoms. The van der Waals surface area contributed by atoms with Crippen molar-refractivity contribution in [2.75, 3.05) is 28.4 Å². The molecule has 2 aromatic carbocycles. The van der Waals surface area contributed by atoms with E-state index in [1.165, 1.54) is 0 Å². The largest absolute Gasteiger partial charge is 0.496 e. The second-order valence-corrected chi connectivity index (χ2v) is 6.47. The number of methoxy groups -OCH3 is 4. The standard InChI is InChI=1S/C22H24N2O5/c1-13-8-19(28-4)15(12-18(13)27-3)11-16-22(25)24-21(23-16)10-14-6-7-17(26-2)20(9-14)29-5/h6-9,11-12H,10H2,1-5H3,(H,23,24,25)/b16-11+. The van der Waals surface area contributed by atoms with Gasteiger partial charge in [0.05, 0.1) is 28.4 Å². The zero-order chi connectivity index (χ0) is 21.0. The summed E-state index contributed by atoms with van der Waals surface area (Å²) >= 11 is 0. The van der Waals surface area contributed by atoms with Crippen LogP contribution in [0.3, 0.4) is 0 Å². The molecule has 0 atom stereocenters. The number of hydrogen-bond donors (Lipinski definition) is 1. The Hall–Kier alpha value is -3.48. The van der Waals surface area contributed by atoms with Crippen LogP contribution in [0.25, 0.3) is 6.08 Å². The van der Waals surface area contributed by atoms with Crippen LogP contribution in [0, 0.1) is 6.92 Å². The molecule has 0 bridgehead atoms. The Bertz CT molecular complexity index is 995. The summed E-state index contributed by atoms with van der Waals surface area (Å²) in [6.07, 6.45) is 2.15. The van der Waals surface area contributed by atoms with E-state index in [2.05, 4.69) is 10.3 Å². The van der Waals surface area contributed by atoms with E-state index < -0.39 is 0 Å². The van der Waals surface area contributed by atoms with Crippen molar-refractivity contribution >= 4 is 17.8 Å². The third-order valence-corrected chi connectivity index (χ3v) is 4.60. The highest BCUT2D eigenvalue weighted by molar-refractivity contribution is 6.15. The number of ether oxygens (including phenoxy) is 4. The summed E-state index contributed by atoms with van der Waals surface area (Å²) in [4.78, 5) is 16.9. The number of benzene rings is 2. The van der Waals surface area contributed by atoms with Gasteiger partial charge >= 0.3 is 0 Å². The monoisotopic (exact) mass is 396 g/mol. The van der Waals surface area contributed by atoms with Crippen LogP contribution in [0.15, 0.2) is 41.0 Å². The molecule has 1 aliphatic rings. The number of amides is 1. The van der Waals surface area contributed by atoms with Gasteiger partial charge in [-0.3, -0.25) is 4.79 Å². The summed E-state index contributed by atoms with van der Waals surface area (Å²) < 4.78 is 21.4. The van der Waals surface area contributed by atoms with Crippen LogP contribution < -0.4 is 24.3 Å². The Kier molecular flexibility index (Phi) is 6.07. The summed E-state index contributed by atoms with van der Waals surface area (Å²) in [6.45, 7) is 1.93. The maximum absolute atomic E-state index is 12.4. The van der Waals surface area contributed by atoms with E-state index >= 15 is 0 Å². The van der Waals surface area contributed by atoms with E-state index in [1.54, 1.807) is 34.5 Å². The van der Waals surface area contributed by atoms with Crippen molar-refractivity contribution in [2.24, 2.45) is 4.99 Å². The van der Waals surface area contributed by atoms with Crippen molar-refractivity contribution < 1.29 is 23.7 Å². The van der Waals surface area contributed by atoms with Crippen LogP contribution in [0.1, 0.15) is 16.7 Å². The maximum atomic E-state index is 12.4. The molecule has 152 valence electrons.